The number of benzene rings is 1. The average Bonchev–Trinajstić information content (AvgIpc) is 2.98. The molecule has 0 spiro atoms. The van der Waals surface area contributed by atoms with Crippen LogP contribution < -0.4 is 5.32 Å². The lowest BCUT2D eigenvalue weighted by molar-refractivity contribution is -0.147. The summed E-state index contributed by atoms with van der Waals surface area (Å²) in [4.78, 5) is 15.0. The van der Waals surface area contributed by atoms with Crippen molar-refractivity contribution in [3.05, 3.63) is 41.4 Å². The average molecular weight is 323 g/mol. The first kappa shape index (κ1) is 16.5. The Labute approximate surface area is 134 Å². The fourth-order valence-electron chi connectivity index (χ4n) is 1.96. The van der Waals surface area contributed by atoms with E-state index in [9.17, 15) is 4.79 Å². The highest BCUT2D eigenvalue weighted by Crippen LogP contribution is 2.21. The molecule has 0 amide bonds. The van der Waals surface area contributed by atoms with Crippen molar-refractivity contribution in [3.63, 3.8) is 0 Å². The number of carbonyl (C=O) groups is 1. The van der Waals surface area contributed by atoms with Gasteiger partial charge < -0.3 is 10.4 Å². The summed E-state index contributed by atoms with van der Waals surface area (Å²) in [5.41, 5.74) is 1.14. The Kier molecular flexibility index (Phi) is 5.15. The van der Waals surface area contributed by atoms with E-state index in [0.29, 0.717) is 24.5 Å². The van der Waals surface area contributed by atoms with E-state index in [-0.39, 0.29) is 0 Å². The van der Waals surface area contributed by atoms with E-state index in [4.69, 9.17) is 16.7 Å². The van der Waals surface area contributed by atoms with Gasteiger partial charge in [0.2, 0.25) is 0 Å². The summed E-state index contributed by atoms with van der Waals surface area (Å²) in [5, 5.41) is 17.1. The Morgan fingerprint density at radius 3 is 2.86 bits per heavy atom. The number of carboxylic acid groups (broad SMARTS) is 1. The zero-order chi connectivity index (χ0) is 16.2. The standard InChI is InChI=1S/C15H19ClN4O2/c1-15(2,14(21)22)5-6-17-8-11-3-4-12(16)7-13(11)20-10-18-9-19-20/h3-4,7,9-10,17H,5-6,8H2,1-2H3,(H,21,22). The van der Waals surface area contributed by atoms with Gasteiger partial charge in [0.15, 0.2) is 0 Å². The number of aromatic nitrogens is 3. The quantitative estimate of drug-likeness (QED) is 0.766. The van der Waals surface area contributed by atoms with Crippen molar-refractivity contribution in [2.45, 2.75) is 26.8 Å². The van der Waals surface area contributed by atoms with Crippen molar-refractivity contribution >= 4 is 17.6 Å². The van der Waals surface area contributed by atoms with Crippen molar-refractivity contribution in [2.24, 2.45) is 5.41 Å². The SMILES string of the molecule is CC(C)(CCNCc1ccc(Cl)cc1-n1cncn1)C(=O)O. The molecule has 0 bridgehead atoms. The van der Waals surface area contributed by atoms with Gasteiger partial charge in [-0.05, 0) is 44.5 Å². The van der Waals surface area contributed by atoms with Gasteiger partial charge >= 0.3 is 5.97 Å². The Balaban J connectivity index is 2.01. The van der Waals surface area contributed by atoms with Crippen LogP contribution in [0.25, 0.3) is 5.69 Å². The molecule has 0 aliphatic heterocycles. The van der Waals surface area contributed by atoms with Crippen molar-refractivity contribution in [3.8, 4) is 5.69 Å². The molecule has 0 saturated heterocycles. The molecular formula is C15H19ClN4O2. The lowest BCUT2D eigenvalue weighted by Crippen LogP contribution is -2.29. The molecular weight excluding hydrogens is 304 g/mol. The molecule has 2 rings (SSSR count). The number of carboxylic acids is 1. The highest BCUT2D eigenvalue weighted by molar-refractivity contribution is 6.30. The molecule has 118 valence electrons. The fourth-order valence-corrected chi connectivity index (χ4v) is 2.13. The molecule has 2 N–H and O–H groups in total. The first-order valence-corrected chi connectivity index (χ1v) is 7.35. The van der Waals surface area contributed by atoms with Gasteiger partial charge in [0, 0.05) is 11.6 Å². The van der Waals surface area contributed by atoms with Crippen molar-refractivity contribution in [2.75, 3.05) is 6.54 Å². The van der Waals surface area contributed by atoms with Gasteiger partial charge in [0.25, 0.3) is 0 Å². The third-order valence-electron chi connectivity index (χ3n) is 3.53. The van der Waals surface area contributed by atoms with Crippen LogP contribution in [0.1, 0.15) is 25.8 Å². The van der Waals surface area contributed by atoms with Gasteiger partial charge in [-0.2, -0.15) is 5.10 Å². The topological polar surface area (TPSA) is 80.0 Å². The maximum Gasteiger partial charge on any atom is 0.309 e. The Bertz CT molecular complexity index is 641. The fraction of sp³-hybridized carbons (Fsp3) is 0.400. The van der Waals surface area contributed by atoms with Crippen molar-refractivity contribution in [1.29, 1.82) is 0 Å². The van der Waals surface area contributed by atoms with E-state index in [2.05, 4.69) is 15.4 Å². The summed E-state index contributed by atoms with van der Waals surface area (Å²) >= 11 is 6.04. The van der Waals surface area contributed by atoms with E-state index in [1.165, 1.54) is 6.33 Å². The van der Waals surface area contributed by atoms with Crippen LogP contribution in [0.5, 0.6) is 0 Å². The smallest absolute Gasteiger partial charge is 0.309 e. The van der Waals surface area contributed by atoms with E-state index < -0.39 is 11.4 Å². The van der Waals surface area contributed by atoms with Crippen LogP contribution in [0, 0.1) is 5.41 Å². The second kappa shape index (κ2) is 6.89. The first-order valence-electron chi connectivity index (χ1n) is 6.98. The molecule has 6 nitrogen and oxygen atoms in total. The number of nitrogens with zero attached hydrogens (tertiary/aromatic N) is 3. The third kappa shape index (κ3) is 4.05. The monoisotopic (exact) mass is 322 g/mol. The van der Waals surface area contributed by atoms with Gasteiger partial charge in [0.05, 0.1) is 11.1 Å². The number of hydrogen-bond acceptors (Lipinski definition) is 4. The molecule has 1 aromatic heterocycles. The second-order valence-electron chi connectivity index (χ2n) is 5.73. The lowest BCUT2D eigenvalue weighted by Gasteiger charge is -2.19. The Morgan fingerprint density at radius 2 is 2.23 bits per heavy atom. The minimum absolute atomic E-state index is 0.550. The summed E-state index contributed by atoms with van der Waals surface area (Å²) in [6.45, 7) is 4.65. The highest BCUT2D eigenvalue weighted by atomic mass is 35.5. The number of halogens is 1. The van der Waals surface area contributed by atoms with Gasteiger partial charge in [-0.25, -0.2) is 9.67 Å². The molecule has 0 aliphatic carbocycles. The number of nitrogens with one attached hydrogen (secondary N) is 1. The predicted molar refractivity (Wildman–Crippen MR) is 84.1 cm³/mol. The van der Waals surface area contributed by atoms with E-state index in [1.807, 2.05) is 18.2 Å². The molecule has 0 aliphatic rings. The number of aliphatic carboxylic acids is 1. The van der Waals surface area contributed by atoms with Crippen molar-refractivity contribution < 1.29 is 9.90 Å². The molecule has 0 unspecified atom stereocenters. The molecule has 2 aromatic rings. The summed E-state index contributed by atoms with van der Waals surface area (Å²) in [6.07, 6.45) is 3.63. The Hall–Kier alpha value is -1.92. The molecule has 1 heterocycles. The largest absolute Gasteiger partial charge is 0.481 e. The molecule has 22 heavy (non-hydrogen) atoms. The first-order chi connectivity index (χ1) is 10.4. The maximum atomic E-state index is 11.1. The van der Waals surface area contributed by atoms with Crippen LogP contribution in [-0.4, -0.2) is 32.4 Å². The van der Waals surface area contributed by atoms with E-state index in [1.54, 1.807) is 24.9 Å². The van der Waals surface area contributed by atoms with Crippen LogP contribution in [0.3, 0.4) is 0 Å². The van der Waals surface area contributed by atoms with E-state index in [0.717, 1.165) is 11.3 Å². The summed E-state index contributed by atoms with van der Waals surface area (Å²) in [6, 6.07) is 5.57. The summed E-state index contributed by atoms with van der Waals surface area (Å²) in [7, 11) is 0. The van der Waals surface area contributed by atoms with Crippen LogP contribution in [0.4, 0.5) is 0 Å². The van der Waals surface area contributed by atoms with Crippen molar-refractivity contribution in [1.82, 2.24) is 20.1 Å². The predicted octanol–water partition coefficient (Wildman–Crippen LogP) is 2.51. The van der Waals surface area contributed by atoms with Gasteiger partial charge in [-0.1, -0.05) is 17.7 Å². The molecule has 0 saturated carbocycles. The minimum Gasteiger partial charge on any atom is -0.481 e. The van der Waals surface area contributed by atoms with Gasteiger partial charge in [0.1, 0.15) is 12.7 Å². The number of rotatable bonds is 7. The number of hydrogen-bond donors (Lipinski definition) is 2. The minimum atomic E-state index is -0.788. The van der Waals surface area contributed by atoms with E-state index >= 15 is 0 Å². The summed E-state index contributed by atoms with van der Waals surface area (Å²) < 4.78 is 1.66. The maximum absolute atomic E-state index is 11.1. The third-order valence-corrected chi connectivity index (χ3v) is 3.77. The molecule has 0 fully saturated rings. The van der Waals surface area contributed by atoms with Crippen LogP contribution in [0.2, 0.25) is 5.02 Å². The van der Waals surface area contributed by atoms with Crippen LogP contribution in [-0.2, 0) is 11.3 Å². The van der Waals surface area contributed by atoms with Crippen LogP contribution >= 0.6 is 11.6 Å². The Morgan fingerprint density at radius 1 is 1.45 bits per heavy atom. The second-order valence-corrected chi connectivity index (χ2v) is 6.17. The zero-order valence-electron chi connectivity index (χ0n) is 12.6. The highest BCUT2D eigenvalue weighted by Gasteiger charge is 2.26. The van der Waals surface area contributed by atoms with Crippen LogP contribution in [0.15, 0.2) is 30.9 Å². The molecule has 1 aromatic carbocycles. The van der Waals surface area contributed by atoms with Gasteiger partial charge in [-0.15, -0.1) is 0 Å². The zero-order valence-corrected chi connectivity index (χ0v) is 13.3. The molecule has 7 heteroatoms. The van der Waals surface area contributed by atoms with Gasteiger partial charge in [-0.3, -0.25) is 4.79 Å². The molecule has 0 radical (unpaired) electrons. The normalized spacial score (nSPS) is 11.6. The lowest BCUT2D eigenvalue weighted by atomic mass is 9.90. The summed E-state index contributed by atoms with van der Waals surface area (Å²) in [5.74, 6) is -0.788. The molecule has 0 atom stereocenters.